The van der Waals surface area contributed by atoms with Crippen molar-refractivity contribution in [1.82, 2.24) is 0 Å². The van der Waals surface area contributed by atoms with Crippen LogP contribution in [0.4, 0.5) is 17.1 Å². The van der Waals surface area contributed by atoms with E-state index in [1.165, 1.54) is 50.1 Å². The van der Waals surface area contributed by atoms with E-state index in [0.717, 1.165) is 22.6 Å². The Morgan fingerprint density at radius 2 is 0.707 bits per heavy atom. The maximum Gasteiger partial charge on any atom is 0.172 e. The molecular weight excluding hydrogens is 707 g/mol. The summed E-state index contributed by atoms with van der Waals surface area (Å²) in [4.78, 5) is 2.27. The summed E-state index contributed by atoms with van der Waals surface area (Å²) in [6, 6.07) is 79.5. The van der Waals surface area contributed by atoms with Crippen LogP contribution in [-0.4, -0.2) is 0 Å². The van der Waals surface area contributed by atoms with Crippen LogP contribution in [0.3, 0.4) is 0 Å². The van der Waals surface area contributed by atoms with Gasteiger partial charge in [-0.15, -0.1) is 0 Å². The van der Waals surface area contributed by atoms with Gasteiger partial charge in [0.25, 0.3) is 0 Å². The molecular formula is C55H37NO2. The number of hydrogen-bond donors (Lipinski definition) is 0. The Kier molecular flexibility index (Phi) is 8.04. The molecule has 0 fully saturated rings. The van der Waals surface area contributed by atoms with Gasteiger partial charge in [-0.2, -0.15) is 0 Å². The van der Waals surface area contributed by atoms with Gasteiger partial charge in [0.2, 0.25) is 0 Å². The second kappa shape index (κ2) is 13.8. The van der Waals surface area contributed by atoms with Crippen LogP contribution >= 0.6 is 0 Å². The summed E-state index contributed by atoms with van der Waals surface area (Å²) in [7, 11) is 0. The van der Waals surface area contributed by atoms with Crippen LogP contribution in [0.2, 0.25) is 0 Å². The quantitative estimate of drug-likeness (QED) is 0.162. The summed E-state index contributed by atoms with van der Waals surface area (Å²) in [5, 5.41) is 0. The van der Waals surface area contributed by atoms with Crippen molar-refractivity contribution in [2.24, 2.45) is 0 Å². The number of nitrogens with zero attached hydrogens (tertiary/aromatic N) is 1. The number of rotatable bonds is 7. The molecule has 0 saturated carbocycles. The lowest BCUT2D eigenvalue weighted by Gasteiger charge is -2.34. The van der Waals surface area contributed by atoms with E-state index in [1.807, 2.05) is 18.2 Å². The van der Waals surface area contributed by atoms with Crippen molar-refractivity contribution in [3.05, 3.63) is 247 Å². The predicted molar refractivity (Wildman–Crippen MR) is 236 cm³/mol. The maximum atomic E-state index is 6.90. The van der Waals surface area contributed by atoms with Gasteiger partial charge in [-0.05, 0) is 104 Å². The number of ether oxygens (including phenoxy) is 2. The van der Waals surface area contributed by atoms with Crippen molar-refractivity contribution in [3.8, 4) is 56.4 Å². The largest absolute Gasteiger partial charge is 0.450 e. The Morgan fingerprint density at radius 1 is 0.293 bits per heavy atom. The second-order valence-corrected chi connectivity index (χ2v) is 14.9. The summed E-state index contributed by atoms with van der Waals surface area (Å²) in [5.41, 5.74) is 14.5. The molecule has 0 bridgehead atoms. The number of benzene rings is 9. The fraction of sp³-hybridized carbons (Fsp3) is 0.0182. The molecule has 0 saturated heterocycles. The highest BCUT2D eigenvalue weighted by Gasteiger charge is 2.46. The van der Waals surface area contributed by atoms with Crippen LogP contribution in [0.1, 0.15) is 22.3 Å². The van der Waals surface area contributed by atoms with Crippen LogP contribution in [0, 0.1) is 0 Å². The highest BCUT2D eigenvalue weighted by molar-refractivity contribution is 5.87. The first-order chi connectivity index (χ1) is 28.7. The molecule has 0 unspecified atom stereocenters. The van der Waals surface area contributed by atoms with E-state index in [4.69, 9.17) is 9.47 Å². The summed E-state index contributed by atoms with van der Waals surface area (Å²) in [5.74, 6) is 2.72. The van der Waals surface area contributed by atoms with E-state index in [9.17, 15) is 0 Å². The first-order valence-corrected chi connectivity index (χ1v) is 19.7. The van der Waals surface area contributed by atoms with Crippen LogP contribution in [-0.2, 0) is 5.41 Å². The Balaban J connectivity index is 1.01. The van der Waals surface area contributed by atoms with Gasteiger partial charge in [-0.3, -0.25) is 0 Å². The SMILES string of the molecule is c1ccc(-c2ccc(N(c3ccc(-c4ccccc4)cc3)c3ccc4c(c3)Oc3cc(C5(c6ccccc6)c6ccccc6-c6ccccc65)ccc3O4)cc2)cc1. The van der Waals surface area contributed by atoms with E-state index in [1.54, 1.807) is 0 Å². The van der Waals surface area contributed by atoms with Crippen molar-refractivity contribution in [1.29, 1.82) is 0 Å². The van der Waals surface area contributed by atoms with E-state index in [0.29, 0.717) is 23.0 Å². The molecule has 2 aliphatic rings. The highest BCUT2D eigenvalue weighted by Crippen LogP contribution is 2.58. The average molecular weight is 744 g/mol. The molecule has 0 aromatic heterocycles. The van der Waals surface area contributed by atoms with Crippen LogP contribution in [0.15, 0.2) is 224 Å². The number of hydrogen-bond acceptors (Lipinski definition) is 3. The minimum Gasteiger partial charge on any atom is -0.450 e. The van der Waals surface area contributed by atoms with Crippen molar-refractivity contribution in [3.63, 3.8) is 0 Å². The van der Waals surface area contributed by atoms with Crippen molar-refractivity contribution in [2.45, 2.75) is 5.41 Å². The zero-order chi connectivity index (χ0) is 38.5. The number of anilines is 3. The second-order valence-electron chi connectivity index (χ2n) is 14.9. The van der Waals surface area contributed by atoms with Crippen molar-refractivity contribution < 1.29 is 9.47 Å². The third kappa shape index (κ3) is 5.51. The van der Waals surface area contributed by atoms with Crippen LogP contribution < -0.4 is 14.4 Å². The van der Waals surface area contributed by atoms with Gasteiger partial charge in [0, 0.05) is 17.4 Å². The molecule has 274 valence electrons. The summed E-state index contributed by atoms with van der Waals surface area (Å²) < 4.78 is 13.5. The van der Waals surface area contributed by atoms with Crippen molar-refractivity contribution in [2.75, 3.05) is 4.90 Å². The topological polar surface area (TPSA) is 21.7 Å². The zero-order valence-corrected chi connectivity index (χ0v) is 31.6. The molecule has 0 spiro atoms. The molecule has 1 aliphatic heterocycles. The van der Waals surface area contributed by atoms with E-state index in [2.05, 4.69) is 211 Å². The summed E-state index contributed by atoms with van der Waals surface area (Å²) in [6.07, 6.45) is 0. The molecule has 3 heteroatoms. The smallest absolute Gasteiger partial charge is 0.172 e. The third-order valence-electron chi connectivity index (χ3n) is 11.6. The van der Waals surface area contributed by atoms with E-state index < -0.39 is 5.41 Å². The van der Waals surface area contributed by atoms with Gasteiger partial charge in [-0.1, -0.05) is 170 Å². The molecule has 0 radical (unpaired) electrons. The maximum absolute atomic E-state index is 6.90. The molecule has 1 heterocycles. The molecule has 9 aromatic rings. The molecule has 1 aliphatic carbocycles. The van der Waals surface area contributed by atoms with Gasteiger partial charge < -0.3 is 14.4 Å². The Labute approximate surface area is 338 Å². The van der Waals surface area contributed by atoms with Gasteiger partial charge in [-0.25, -0.2) is 0 Å². The Bertz CT molecular complexity index is 2790. The third-order valence-corrected chi connectivity index (χ3v) is 11.6. The summed E-state index contributed by atoms with van der Waals surface area (Å²) >= 11 is 0. The van der Waals surface area contributed by atoms with Gasteiger partial charge in [0.05, 0.1) is 11.1 Å². The monoisotopic (exact) mass is 743 g/mol. The minimum atomic E-state index is -0.538. The Hall–Kier alpha value is -7.62. The van der Waals surface area contributed by atoms with E-state index in [-0.39, 0.29) is 0 Å². The van der Waals surface area contributed by atoms with E-state index >= 15 is 0 Å². The molecule has 0 atom stereocenters. The minimum absolute atomic E-state index is 0.538. The standard InChI is InChI=1S/C55H37NO2/c1-4-14-38(15-5-1)40-24-29-44(30-25-40)56(45-31-26-41(27-32-45)39-16-6-2-7-17-39)46-33-35-52-54(37-46)58-53-36-43(28-34-51(53)57-52)55(42-18-8-3-9-19-42)49-22-12-10-20-47(49)48-21-11-13-23-50(48)55/h1-37H. The van der Waals surface area contributed by atoms with Gasteiger partial charge in [0.1, 0.15) is 0 Å². The molecule has 9 aromatic carbocycles. The predicted octanol–water partition coefficient (Wildman–Crippen LogP) is 14.8. The van der Waals surface area contributed by atoms with Gasteiger partial charge >= 0.3 is 0 Å². The fourth-order valence-corrected chi connectivity index (χ4v) is 8.97. The lowest BCUT2D eigenvalue weighted by atomic mass is 9.67. The Morgan fingerprint density at radius 3 is 1.26 bits per heavy atom. The number of fused-ring (bicyclic) bond motifs is 5. The molecule has 0 amide bonds. The van der Waals surface area contributed by atoms with Crippen molar-refractivity contribution >= 4 is 17.1 Å². The molecule has 58 heavy (non-hydrogen) atoms. The first kappa shape index (κ1) is 33.7. The highest BCUT2D eigenvalue weighted by atomic mass is 16.6. The lowest BCUT2D eigenvalue weighted by molar-refractivity contribution is 0.359. The van der Waals surface area contributed by atoms with Gasteiger partial charge in [0.15, 0.2) is 23.0 Å². The fourth-order valence-electron chi connectivity index (χ4n) is 8.97. The molecule has 0 N–H and O–H groups in total. The zero-order valence-electron chi connectivity index (χ0n) is 31.6. The molecule has 11 rings (SSSR count). The average Bonchev–Trinajstić information content (AvgIpc) is 3.61. The van der Waals surface area contributed by atoms with Crippen LogP contribution in [0.25, 0.3) is 33.4 Å². The first-order valence-electron chi connectivity index (χ1n) is 19.7. The molecule has 3 nitrogen and oxygen atoms in total. The summed E-state index contributed by atoms with van der Waals surface area (Å²) in [6.45, 7) is 0. The normalized spacial score (nSPS) is 12.9. The van der Waals surface area contributed by atoms with Crippen LogP contribution in [0.5, 0.6) is 23.0 Å². The lowest BCUT2D eigenvalue weighted by Crippen LogP contribution is -2.28.